The van der Waals surface area contributed by atoms with E-state index in [-0.39, 0.29) is 30.1 Å². The van der Waals surface area contributed by atoms with Crippen LogP contribution in [0, 0.1) is 5.82 Å². The Morgan fingerprint density at radius 3 is 2.28 bits per heavy atom. The molecular weight excluding hydrogens is 393 g/mol. The summed E-state index contributed by atoms with van der Waals surface area (Å²) >= 11 is 0. The molecule has 3 rings (SSSR count). The Morgan fingerprint density at radius 1 is 1.03 bits per heavy atom. The molecule has 2 aromatic carbocycles. The number of benzene rings is 2. The molecule has 0 aromatic heterocycles. The number of carbonyl (C=O) groups is 1. The Balaban J connectivity index is 1.46. The fraction of sp³-hybridized carbons (Fsp3) is 0.381. The van der Waals surface area contributed by atoms with Gasteiger partial charge in [-0.05, 0) is 30.2 Å². The number of piperazine rings is 1. The van der Waals surface area contributed by atoms with Gasteiger partial charge in [-0.15, -0.1) is 0 Å². The SMILES string of the molecule is CC(NC(=O)CN1CCN(S(=O)(=O)Cc2ccccc2)CC1)c1ccc(F)cc1. The van der Waals surface area contributed by atoms with Gasteiger partial charge in [0.05, 0.1) is 18.3 Å². The molecule has 6 nitrogen and oxygen atoms in total. The smallest absolute Gasteiger partial charge is 0.234 e. The molecule has 1 heterocycles. The van der Waals surface area contributed by atoms with Gasteiger partial charge in [0.1, 0.15) is 5.82 Å². The molecule has 0 aliphatic carbocycles. The summed E-state index contributed by atoms with van der Waals surface area (Å²) in [6, 6.07) is 14.9. The monoisotopic (exact) mass is 419 g/mol. The van der Waals surface area contributed by atoms with E-state index in [2.05, 4.69) is 5.32 Å². The van der Waals surface area contributed by atoms with E-state index in [0.717, 1.165) is 11.1 Å². The molecule has 0 radical (unpaired) electrons. The van der Waals surface area contributed by atoms with Crippen LogP contribution in [0.1, 0.15) is 24.1 Å². The summed E-state index contributed by atoms with van der Waals surface area (Å²) < 4.78 is 39.7. The Morgan fingerprint density at radius 2 is 1.66 bits per heavy atom. The van der Waals surface area contributed by atoms with Gasteiger partial charge in [-0.3, -0.25) is 9.69 Å². The number of nitrogens with zero attached hydrogens (tertiary/aromatic N) is 2. The van der Waals surface area contributed by atoms with Crippen molar-refractivity contribution in [2.24, 2.45) is 0 Å². The second-order valence-corrected chi connectivity index (χ2v) is 9.23. The highest BCUT2D eigenvalue weighted by Crippen LogP contribution is 2.15. The quantitative estimate of drug-likeness (QED) is 0.747. The fourth-order valence-electron chi connectivity index (χ4n) is 3.37. The second-order valence-electron chi connectivity index (χ2n) is 7.26. The third-order valence-electron chi connectivity index (χ3n) is 5.03. The first-order valence-corrected chi connectivity index (χ1v) is 11.2. The van der Waals surface area contributed by atoms with E-state index >= 15 is 0 Å². The highest BCUT2D eigenvalue weighted by Gasteiger charge is 2.28. The molecule has 8 heteroatoms. The van der Waals surface area contributed by atoms with Crippen molar-refractivity contribution in [1.29, 1.82) is 0 Å². The van der Waals surface area contributed by atoms with Crippen LogP contribution in [-0.2, 0) is 20.6 Å². The maximum atomic E-state index is 13.0. The van der Waals surface area contributed by atoms with E-state index < -0.39 is 10.0 Å². The van der Waals surface area contributed by atoms with Crippen molar-refractivity contribution >= 4 is 15.9 Å². The van der Waals surface area contributed by atoms with Crippen LogP contribution < -0.4 is 5.32 Å². The zero-order valence-corrected chi connectivity index (χ0v) is 17.2. The molecule has 1 fully saturated rings. The van der Waals surface area contributed by atoms with Gasteiger partial charge in [0, 0.05) is 26.2 Å². The van der Waals surface area contributed by atoms with Crippen molar-refractivity contribution < 1.29 is 17.6 Å². The first kappa shape index (κ1) is 21.4. The minimum atomic E-state index is -3.37. The first-order valence-electron chi connectivity index (χ1n) is 9.62. The van der Waals surface area contributed by atoms with Crippen LogP contribution in [0.4, 0.5) is 4.39 Å². The summed E-state index contributed by atoms with van der Waals surface area (Å²) in [4.78, 5) is 14.3. The first-order chi connectivity index (χ1) is 13.8. The molecule has 1 saturated heterocycles. The van der Waals surface area contributed by atoms with Crippen molar-refractivity contribution in [1.82, 2.24) is 14.5 Å². The molecule has 29 heavy (non-hydrogen) atoms. The molecule has 1 atom stereocenters. The molecule has 0 spiro atoms. The van der Waals surface area contributed by atoms with Crippen LogP contribution in [0.25, 0.3) is 0 Å². The van der Waals surface area contributed by atoms with E-state index in [0.29, 0.717) is 26.2 Å². The maximum Gasteiger partial charge on any atom is 0.234 e. The van der Waals surface area contributed by atoms with Gasteiger partial charge in [0.2, 0.25) is 15.9 Å². The van der Waals surface area contributed by atoms with Gasteiger partial charge in [-0.1, -0.05) is 42.5 Å². The second kappa shape index (κ2) is 9.47. The third kappa shape index (κ3) is 6.09. The number of hydrogen-bond acceptors (Lipinski definition) is 4. The highest BCUT2D eigenvalue weighted by atomic mass is 32.2. The van der Waals surface area contributed by atoms with Gasteiger partial charge in [0.15, 0.2) is 0 Å². The Hall–Kier alpha value is -2.29. The van der Waals surface area contributed by atoms with Gasteiger partial charge in [-0.25, -0.2) is 12.8 Å². The number of rotatable bonds is 7. The van der Waals surface area contributed by atoms with Gasteiger partial charge >= 0.3 is 0 Å². The zero-order chi connectivity index (χ0) is 20.9. The molecule has 1 aliphatic heterocycles. The highest BCUT2D eigenvalue weighted by molar-refractivity contribution is 7.88. The average molecular weight is 420 g/mol. The van der Waals surface area contributed by atoms with Crippen LogP contribution in [0.15, 0.2) is 54.6 Å². The average Bonchev–Trinajstić information content (AvgIpc) is 2.69. The summed E-state index contributed by atoms with van der Waals surface area (Å²) in [5.41, 5.74) is 1.60. The third-order valence-corrected chi connectivity index (χ3v) is 6.88. The van der Waals surface area contributed by atoms with E-state index in [4.69, 9.17) is 0 Å². The van der Waals surface area contributed by atoms with Crippen LogP contribution in [0.2, 0.25) is 0 Å². The molecule has 1 amide bonds. The van der Waals surface area contributed by atoms with Crippen molar-refractivity contribution in [3.8, 4) is 0 Å². The number of nitrogens with one attached hydrogen (secondary N) is 1. The number of carbonyl (C=O) groups excluding carboxylic acids is 1. The lowest BCUT2D eigenvalue weighted by Gasteiger charge is -2.33. The van der Waals surface area contributed by atoms with Crippen LogP contribution in [0.3, 0.4) is 0 Å². The molecule has 0 bridgehead atoms. The summed E-state index contributed by atoms with van der Waals surface area (Å²) in [6.45, 7) is 3.81. The Labute approximate surface area is 171 Å². The van der Waals surface area contributed by atoms with Crippen LogP contribution in [-0.4, -0.2) is 56.3 Å². The minimum absolute atomic E-state index is 0.0104. The zero-order valence-electron chi connectivity index (χ0n) is 16.4. The largest absolute Gasteiger partial charge is 0.348 e. The van der Waals surface area contributed by atoms with Crippen LogP contribution in [0.5, 0.6) is 0 Å². The van der Waals surface area contributed by atoms with Gasteiger partial charge in [-0.2, -0.15) is 4.31 Å². The summed E-state index contributed by atoms with van der Waals surface area (Å²) in [5, 5.41) is 2.90. The van der Waals surface area contributed by atoms with Gasteiger partial charge in [0.25, 0.3) is 0 Å². The minimum Gasteiger partial charge on any atom is -0.348 e. The number of hydrogen-bond donors (Lipinski definition) is 1. The standard InChI is InChI=1S/C21H26FN3O3S/c1-17(19-7-9-20(22)10-8-19)23-21(26)15-24-11-13-25(14-12-24)29(27,28)16-18-5-3-2-4-6-18/h2-10,17H,11-16H2,1H3,(H,23,26). The lowest BCUT2D eigenvalue weighted by molar-refractivity contribution is -0.123. The Bertz CT molecular complexity index is 912. The van der Waals surface area contributed by atoms with E-state index in [9.17, 15) is 17.6 Å². The number of halogens is 1. The van der Waals surface area contributed by atoms with Crippen LogP contribution >= 0.6 is 0 Å². The molecule has 1 unspecified atom stereocenters. The van der Waals surface area contributed by atoms with E-state index in [1.54, 1.807) is 24.3 Å². The molecular formula is C21H26FN3O3S. The van der Waals surface area contributed by atoms with E-state index in [1.807, 2.05) is 30.0 Å². The summed E-state index contributed by atoms with van der Waals surface area (Å²) in [5.74, 6) is -0.460. The Kier molecular flexibility index (Phi) is 7.00. The molecule has 1 N–H and O–H groups in total. The fourth-order valence-corrected chi connectivity index (χ4v) is 4.88. The van der Waals surface area contributed by atoms with Gasteiger partial charge < -0.3 is 5.32 Å². The predicted octanol–water partition coefficient (Wildman–Crippen LogP) is 2.15. The van der Waals surface area contributed by atoms with Crippen molar-refractivity contribution in [3.05, 3.63) is 71.5 Å². The normalized spacial score (nSPS) is 17.0. The molecule has 2 aromatic rings. The lowest BCUT2D eigenvalue weighted by Crippen LogP contribution is -2.51. The maximum absolute atomic E-state index is 13.0. The van der Waals surface area contributed by atoms with Crippen molar-refractivity contribution in [2.75, 3.05) is 32.7 Å². The molecule has 1 aliphatic rings. The van der Waals surface area contributed by atoms with Crippen molar-refractivity contribution in [3.63, 3.8) is 0 Å². The molecule has 0 saturated carbocycles. The number of sulfonamides is 1. The van der Waals surface area contributed by atoms with E-state index in [1.165, 1.54) is 16.4 Å². The topological polar surface area (TPSA) is 69.7 Å². The number of amides is 1. The van der Waals surface area contributed by atoms with Crippen molar-refractivity contribution in [2.45, 2.75) is 18.7 Å². The predicted molar refractivity (Wildman–Crippen MR) is 110 cm³/mol. The summed E-state index contributed by atoms with van der Waals surface area (Å²) in [6.07, 6.45) is 0. The lowest BCUT2D eigenvalue weighted by atomic mass is 10.1. The molecule has 156 valence electrons. The summed E-state index contributed by atoms with van der Waals surface area (Å²) in [7, 11) is -3.37.